The maximum atomic E-state index is 13.3. The van der Waals surface area contributed by atoms with E-state index in [-0.39, 0.29) is 12.2 Å². The van der Waals surface area contributed by atoms with Crippen LogP contribution in [0.5, 0.6) is 0 Å². The first-order valence-electron chi connectivity index (χ1n) is 5.43. The molecule has 0 saturated carbocycles. The predicted molar refractivity (Wildman–Crippen MR) is 69.6 cm³/mol. The normalized spacial score (nSPS) is 10.3. The number of benzene rings is 2. The molecule has 2 aromatic carbocycles. The van der Waals surface area contributed by atoms with Crippen molar-refractivity contribution in [2.45, 2.75) is 6.61 Å². The maximum absolute atomic E-state index is 13.3. The summed E-state index contributed by atoms with van der Waals surface area (Å²) in [4.78, 5) is 11.7. The maximum Gasteiger partial charge on any atom is 0.341 e. The molecule has 0 bridgehead atoms. The van der Waals surface area contributed by atoms with Crippen molar-refractivity contribution < 1.29 is 18.3 Å². The molecule has 5 heteroatoms. The van der Waals surface area contributed by atoms with Crippen molar-refractivity contribution >= 4 is 21.9 Å². The molecule has 2 nitrogen and oxygen atoms in total. The minimum atomic E-state index is -0.755. The van der Waals surface area contributed by atoms with Gasteiger partial charge in [0, 0.05) is 10.0 Å². The Bertz CT molecular complexity index is 614. The van der Waals surface area contributed by atoms with Gasteiger partial charge in [0.05, 0.1) is 5.56 Å². The van der Waals surface area contributed by atoms with Crippen LogP contribution in [-0.4, -0.2) is 5.97 Å². The lowest BCUT2D eigenvalue weighted by molar-refractivity contribution is 0.0466. The molecule has 2 aromatic rings. The summed E-state index contributed by atoms with van der Waals surface area (Å²) in [5.41, 5.74) is 0.479. The van der Waals surface area contributed by atoms with E-state index in [4.69, 9.17) is 4.74 Å². The molecule has 0 unspecified atom stereocenters. The molecule has 0 aliphatic heterocycles. The topological polar surface area (TPSA) is 26.3 Å². The number of ether oxygens (including phenoxy) is 1. The smallest absolute Gasteiger partial charge is 0.341 e. The third kappa shape index (κ3) is 3.38. The lowest BCUT2D eigenvalue weighted by Gasteiger charge is -2.07. The highest BCUT2D eigenvalue weighted by Gasteiger charge is 2.13. The Morgan fingerprint density at radius 3 is 2.58 bits per heavy atom. The summed E-state index contributed by atoms with van der Waals surface area (Å²) in [5, 5.41) is 0. The molecule has 19 heavy (non-hydrogen) atoms. The first-order valence-corrected chi connectivity index (χ1v) is 6.23. The zero-order valence-corrected chi connectivity index (χ0v) is 11.3. The van der Waals surface area contributed by atoms with Gasteiger partial charge >= 0.3 is 5.97 Å². The Labute approximate surface area is 117 Å². The Morgan fingerprint density at radius 1 is 1.16 bits per heavy atom. The molecule has 0 atom stereocenters. The number of halogens is 3. The Balaban J connectivity index is 2.07. The van der Waals surface area contributed by atoms with Crippen molar-refractivity contribution in [3.8, 4) is 0 Å². The summed E-state index contributed by atoms with van der Waals surface area (Å²) < 4.78 is 31.7. The summed E-state index contributed by atoms with van der Waals surface area (Å²) in [6, 6.07) is 9.59. The number of hydrogen-bond acceptors (Lipinski definition) is 2. The van der Waals surface area contributed by atoms with Crippen LogP contribution in [0.15, 0.2) is 46.9 Å². The lowest BCUT2D eigenvalue weighted by Crippen LogP contribution is -2.07. The van der Waals surface area contributed by atoms with Crippen LogP contribution in [0, 0.1) is 11.6 Å². The number of hydrogen-bond donors (Lipinski definition) is 0. The third-order valence-corrected chi connectivity index (χ3v) is 3.21. The van der Waals surface area contributed by atoms with Crippen LogP contribution in [0.4, 0.5) is 8.78 Å². The molecular weight excluding hydrogens is 318 g/mol. The van der Waals surface area contributed by atoms with Gasteiger partial charge in [-0.15, -0.1) is 0 Å². The first kappa shape index (κ1) is 13.7. The van der Waals surface area contributed by atoms with E-state index in [1.807, 2.05) is 0 Å². The molecule has 0 spiro atoms. The fourth-order valence-electron chi connectivity index (χ4n) is 1.49. The number of carbonyl (C=O) groups excluding carboxylic acids is 1. The molecule has 2 rings (SSSR count). The minimum Gasteiger partial charge on any atom is -0.457 e. The van der Waals surface area contributed by atoms with Gasteiger partial charge in [-0.25, -0.2) is 13.6 Å². The second-order valence-corrected chi connectivity index (χ2v) is 4.65. The van der Waals surface area contributed by atoms with Gasteiger partial charge in [0.15, 0.2) is 0 Å². The van der Waals surface area contributed by atoms with Crippen molar-refractivity contribution in [3.63, 3.8) is 0 Å². The van der Waals surface area contributed by atoms with Gasteiger partial charge in [-0.2, -0.15) is 0 Å². The minimum absolute atomic E-state index is 0.0615. The van der Waals surface area contributed by atoms with Gasteiger partial charge < -0.3 is 4.74 Å². The summed E-state index contributed by atoms with van der Waals surface area (Å²) in [5.74, 6) is -1.78. The molecule has 98 valence electrons. The van der Waals surface area contributed by atoms with E-state index in [9.17, 15) is 13.6 Å². The van der Waals surface area contributed by atoms with E-state index in [0.717, 1.165) is 0 Å². The second kappa shape index (κ2) is 5.93. The van der Waals surface area contributed by atoms with Gasteiger partial charge in [0.25, 0.3) is 0 Å². The molecule has 0 N–H and O–H groups in total. The van der Waals surface area contributed by atoms with Gasteiger partial charge in [0.2, 0.25) is 0 Å². The van der Waals surface area contributed by atoms with Crippen LogP contribution in [0.25, 0.3) is 0 Å². The number of carbonyl (C=O) groups is 1. The Morgan fingerprint density at radius 2 is 1.89 bits per heavy atom. The van der Waals surface area contributed by atoms with E-state index in [2.05, 4.69) is 15.9 Å². The predicted octanol–water partition coefficient (Wildman–Crippen LogP) is 4.08. The lowest BCUT2D eigenvalue weighted by atomic mass is 10.2. The van der Waals surface area contributed by atoms with E-state index >= 15 is 0 Å². The zero-order chi connectivity index (χ0) is 13.8. The highest BCUT2D eigenvalue weighted by molar-refractivity contribution is 9.10. The van der Waals surface area contributed by atoms with Gasteiger partial charge in [0.1, 0.15) is 18.2 Å². The summed E-state index contributed by atoms with van der Waals surface area (Å²) in [6.45, 7) is -0.0615. The van der Waals surface area contributed by atoms with E-state index in [0.29, 0.717) is 10.0 Å². The number of esters is 1. The second-order valence-electron chi connectivity index (χ2n) is 3.79. The standard InChI is InChI=1S/C14H9BrF2O2/c15-12-7-10(16)6-5-9(12)8-19-14(18)11-3-1-2-4-13(11)17/h1-7H,8H2. The average Bonchev–Trinajstić information content (AvgIpc) is 2.38. The molecule has 0 aromatic heterocycles. The monoisotopic (exact) mass is 326 g/mol. The molecule has 0 heterocycles. The molecule has 0 fully saturated rings. The van der Waals surface area contributed by atoms with Crippen molar-refractivity contribution in [1.82, 2.24) is 0 Å². The van der Waals surface area contributed by atoms with E-state index < -0.39 is 17.6 Å². The van der Waals surface area contributed by atoms with Gasteiger partial charge in [-0.05, 0) is 24.3 Å². The summed E-state index contributed by atoms with van der Waals surface area (Å²) >= 11 is 3.16. The molecule has 0 saturated heterocycles. The van der Waals surface area contributed by atoms with E-state index in [1.54, 1.807) is 6.07 Å². The Kier molecular flexibility index (Phi) is 4.27. The molecule has 0 amide bonds. The van der Waals surface area contributed by atoms with Crippen LogP contribution in [0.3, 0.4) is 0 Å². The third-order valence-electron chi connectivity index (χ3n) is 2.47. The van der Waals surface area contributed by atoms with Crippen LogP contribution >= 0.6 is 15.9 Å². The van der Waals surface area contributed by atoms with Crippen LogP contribution < -0.4 is 0 Å². The summed E-state index contributed by atoms with van der Waals surface area (Å²) in [6.07, 6.45) is 0. The van der Waals surface area contributed by atoms with Crippen LogP contribution in [0.2, 0.25) is 0 Å². The SMILES string of the molecule is O=C(OCc1ccc(F)cc1Br)c1ccccc1F. The first-order chi connectivity index (χ1) is 9.08. The molecular formula is C14H9BrF2O2. The van der Waals surface area contributed by atoms with Crippen molar-refractivity contribution in [2.24, 2.45) is 0 Å². The van der Waals surface area contributed by atoms with E-state index in [1.165, 1.54) is 36.4 Å². The van der Waals surface area contributed by atoms with Crippen molar-refractivity contribution in [3.05, 3.63) is 69.7 Å². The highest BCUT2D eigenvalue weighted by Crippen LogP contribution is 2.19. The summed E-state index contributed by atoms with van der Waals surface area (Å²) in [7, 11) is 0. The van der Waals surface area contributed by atoms with Gasteiger partial charge in [-0.3, -0.25) is 0 Å². The van der Waals surface area contributed by atoms with Crippen LogP contribution in [0.1, 0.15) is 15.9 Å². The van der Waals surface area contributed by atoms with Gasteiger partial charge in [-0.1, -0.05) is 34.1 Å². The zero-order valence-electron chi connectivity index (χ0n) is 9.70. The highest BCUT2D eigenvalue weighted by atomic mass is 79.9. The van der Waals surface area contributed by atoms with Crippen LogP contribution in [-0.2, 0) is 11.3 Å². The van der Waals surface area contributed by atoms with Crippen molar-refractivity contribution in [2.75, 3.05) is 0 Å². The molecule has 0 aliphatic rings. The Hall–Kier alpha value is -1.75. The van der Waals surface area contributed by atoms with Crippen molar-refractivity contribution in [1.29, 1.82) is 0 Å². The molecule has 0 radical (unpaired) electrons. The largest absolute Gasteiger partial charge is 0.457 e. The fraction of sp³-hybridized carbons (Fsp3) is 0.0714. The number of rotatable bonds is 3. The quantitative estimate of drug-likeness (QED) is 0.794. The molecule has 0 aliphatic carbocycles. The fourth-order valence-corrected chi connectivity index (χ4v) is 1.95. The average molecular weight is 327 g/mol.